The van der Waals surface area contributed by atoms with Crippen LogP contribution in [0.3, 0.4) is 0 Å². The number of hydrogen-bond donors (Lipinski definition) is 0. The van der Waals surface area contributed by atoms with Crippen molar-refractivity contribution in [1.82, 2.24) is 29.2 Å². The molecular formula is C39H38N6O6. The Morgan fingerprint density at radius 3 is 1.94 bits per heavy atom. The highest BCUT2D eigenvalue weighted by atomic mass is 16.5. The summed E-state index contributed by atoms with van der Waals surface area (Å²) >= 11 is 0. The van der Waals surface area contributed by atoms with Crippen LogP contribution in [0.4, 0.5) is 0 Å². The minimum absolute atomic E-state index is 0.187. The molecule has 51 heavy (non-hydrogen) atoms. The van der Waals surface area contributed by atoms with E-state index in [2.05, 4.69) is 14.8 Å². The summed E-state index contributed by atoms with van der Waals surface area (Å²) in [5.74, 6) is -1.63. The van der Waals surface area contributed by atoms with Crippen LogP contribution in [0, 0.1) is 0 Å². The van der Waals surface area contributed by atoms with E-state index in [0.29, 0.717) is 65.8 Å². The number of esters is 1. The minimum Gasteiger partial charge on any atom is -0.465 e. The van der Waals surface area contributed by atoms with Crippen LogP contribution in [0.25, 0.3) is 27.2 Å². The van der Waals surface area contributed by atoms with Crippen LogP contribution in [0.2, 0.25) is 0 Å². The Balaban J connectivity index is 0.961. The monoisotopic (exact) mass is 686 g/mol. The molecule has 0 saturated heterocycles. The van der Waals surface area contributed by atoms with Crippen molar-refractivity contribution in [3.63, 3.8) is 0 Å². The van der Waals surface area contributed by atoms with Crippen LogP contribution < -0.4 is 0 Å². The molecule has 0 aliphatic carbocycles. The first kappa shape index (κ1) is 33.8. The highest BCUT2D eigenvalue weighted by Gasteiger charge is 2.34. The van der Waals surface area contributed by atoms with E-state index in [9.17, 15) is 24.0 Å². The molecule has 2 aliphatic rings. The van der Waals surface area contributed by atoms with Gasteiger partial charge in [-0.05, 0) is 62.3 Å². The summed E-state index contributed by atoms with van der Waals surface area (Å²) in [6.45, 7) is 4.57. The first-order valence-electron chi connectivity index (χ1n) is 17.1. The van der Waals surface area contributed by atoms with Gasteiger partial charge in [-0.3, -0.25) is 38.7 Å². The Kier molecular flexibility index (Phi) is 9.44. The molecule has 5 aromatic rings. The number of likely N-dealkylation sites (N-methyl/N-ethyl adjacent to an activating group) is 1. The summed E-state index contributed by atoms with van der Waals surface area (Å²) in [5.41, 5.74) is 2.88. The molecule has 0 N–H and O–H groups in total. The number of carbonyl (C=O) groups excluding carboxylic acids is 5. The van der Waals surface area contributed by atoms with Gasteiger partial charge in [0.05, 0.1) is 12.0 Å². The number of rotatable bonds is 14. The predicted octanol–water partition coefficient (Wildman–Crippen LogP) is 4.26. The van der Waals surface area contributed by atoms with Crippen molar-refractivity contribution in [2.24, 2.45) is 0 Å². The average Bonchev–Trinajstić information content (AvgIpc) is 3.67. The Labute approximate surface area is 294 Å². The maximum Gasteiger partial charge on any atom is 0.302 e. The predicted molar refractivity (Wildman–Crippen MR) is 191 cm³/mol. The van der Waals surface area contributed by atoms with Gasteiger partial charge in [-0.25, -0.2) is 4.98 Å². The maximum atomic E-state index is 13.6. The fraction of sp³-hybridized carbons (Fsp3) is 0.282. The lowest BCUT2D eigenvalue weighted by atomic mass is 9.93. The number of benzene rings is 4. The van der Waals surface area contributed by atoms with E-state index >= 15 is 0 Å². The summed E-state index contributed by atoms with van der Waals surface area (Å²) in [4.78, 5) is 76.4. The van der Waals surface area contributed by atoms with Crippen LogP contribution in [0.1, 0.15) is 54.8 Å². The number of hydrogen-bond acceptors (Lipinski definition) is 9. The zero-order valence-electron chi connectivity index (χ0n) is 28.6. The lowest BCUT2D eigenvalue weighted by Gasteiger charge is -2.31. The van der Waals surface area contributed by atoms with E-state index in [-0.39, 0.29) is 49.3 Å². The highest BCUT2D eigenvalue weighted by Crippen LogP contribution is 2.34. The van der Waals surface area contributed by atoms with Crippen LogP contribution in [0.5, 0.6) is 0 Å². The number of nitrogens with zero attached hydrogens (tertiary/aromatic N) is 6. The smallest absolute Gasteiger partial charge is 0.302 e. The standard InChI is InChI=1S/C39H38N6O6/c1-26(46)51-24-23-42(20-22-45-36(47)29-10-3-7-27-8-4-11-30(34(27)29)37(45)48)17-6-16-41(2)19-21-44-38(49)31-12-5-9-28-33(43-18-15-40-25-43)14-13-32(35(28)31)39(44)50/h3-5,7-15,18,25H,6,16-17,19-24H2,1-2H3. The van der Waals surface area contributed by atoms with Crippen molar-refractivity contribution < 1.29 is 28.7 Å². The second-order valence-electron chi connectivity index (χ2n) is 12.9. The molecule has 12 heteroatoms. The molecule has 1 aromatic heterocycles. The molecular weight excluding hydrogens is 648 g/mol. The molecule has 7 rings (SSSR count). The normalized spacial score (nSPS) is 14.1. The number of aromatic nitrogens is 2. The Hall–Kier alpha value is -5.72. The summed E-state index contributed by atoms with van der Waals surface area (Å²) in [6, 6.07) is 20.1. The first-order chi connectivity index (χ1) is 24.7. The third-order valence-electron chi connectivity index (χ3n) is 9.68. The average molecular weight is 687 g/mol. The van der Waals surface area contributed by atoms with Gasteiger partial charge in [0.2, 0.25) is 0 Å². The molecule has 0 fully saturated rings. The fourth-order valence-electron chi connectivity index (χ4n) is 7.09. The van der Waals surface area contributed by atoms with Gasteiger partial charge >= 0.3 is 5.97 Å². The number of carbonyl (C=O) groups is 5. The van der Waals surface area contributed by atoms with E-state index in [1.807, 2.05) is 60.3 Å². The van der Waals surface area contributed by atoms with Crippen molar-refractivity contribution >= 4 is 51.1 Å². The maximum absolute atomic E-state index is 13.6. The van der Waals surface area contributed by atoms with Gasteiger partial charge in [-0.1, -0.05) is 36.4 Å². The lowest BCUT2D eigenvalue weighted by Crippen LogP contribution is -2.45. The molecule has 2 aliphatic heterocycles. The topological polar surface area (TPSA) is 125 Å². The number of amides is 4. The van der Waals surface area contributed by atoms with E-state index < -0.39 is 0 Å². The second kappa shape index (κ2) is 14.3. The SMILES string of the molecule is CC(=O)OCCN(CCCN(C)CCN1C(=O)c2cccc3c(-n4ccnc4)ccc(c23)C1=O)CCN1C(=O)c2cccc3cccc(c23)C1=O. The largest absolute Gasteiger partial charge is 0.465 e. The van der Waals surface area contributed by atoms with Gasteiger partial charge in [-0.15, -0.1) is 0 Å². The van der Waals surface area contributed by atoms with Gasteiger partial charge in [0, 0.05) is 90.5 Å². The summed E-state index contributed by atoms with van der Waals surface area (Å²) in [5, 5.41) is 3.02. The number of imide groups is 2. The first-order valence-corrected chi connectivity index (χ1v) is 17.1. The van der Waals surface area contributed by atoms with Gasteiger partial charge in [0.25, 0.3) is 23.6 Å². The molecule has 4 aromatic carbocycles. The minimum atomic E-state index is -0.375. The van der Waals surface area contributed by atoms with Crippen LogP contribution in [-0.2, 0) is 9.53 Å². The summed E-state index contributed by atoms with van der Waals surface area (Å²) < 4.78 is 7.07. The Morgan fingerprint density at radius 1 is 0.706 bits per heavy atom. The van der Waals surface area contributed by atoms with Crippen LogP contribution >= 0.6 is 0 Å². The second-order valence-corrected chi connectivity index (χ2v) is 12.9. The molecule has 0 atom stereocenters. The quantitative estimate of drug-likeness (QED) is 0.125. The summed E-state index contributed by atoms with van der Waals surface area (Å²) in [6.07, 6.45) is 5.92. The van der Waals surface area contributed by atoms with Crippen molar-refractivity contribution in [2.75, 3.05) is 59.5 Å². The van der Waals surface area contributed by atoms with Crippen molar-refractivity contribution in [3.8, 4) is 5.69 Å². The van der Waals surface area contributed by atoms with Gasteiger partial charge in [0.1, 0.15) is 6.61 Å². The zero-order valence-corrected chi connectivity index (χ0v) is 28.6. The lowest BCUT2D eigenvalue weighted by molar-refractivity contribution is -0.141. The van der Waals surface area contributed by atoms with Crippen LogP contribution in [-0.4, -0.2) is 118 Å². The number of ether oxygens (including phenoxy) is 1. The third kappa shape index (κ3) is 6.51. The fourth-order valence-corrected chi connectivity index (χ4v) is 7.09. The molecule has 0 bridgehead atoms. The molecule has 3 heterocycles. The Bertz CT molecular complexity index is 2110. The highest BCUT2D eigenvalue weighted by molar-refractivity contribution is 6.27. The molecule has 0 unspecified atom stereocenters. The summed E-state index contributed by atoms with van der Waals surface area (Å²) in [7, 11) is 1.94. The van der Waals surface area contributed by atoms with Crippen molar-refractivity contribution in [3.05, 3.63) is 108 Å². The van der Waals surface area contributed by atoms with Crippen molar-refractivity contribution in [1.29, 1.82) is 0 Å². The van der Waals surface area contributed by atoms with Gasteiger partial charge < -0.3 is 14.2 Å². The molecule has 4 amide bonds. The van der Waals surface area contributed by atoms with E-state index in [1.165, 1.54) is 16.7 Å². The molecule has 0 saturated carbocycles. The third-order valence-corrected chi connectivity index (χ3v) is 9.68. The molecule has 260 valence electrons. The van der Waals surface area contributed by atoms with E-state index in [4.69, 9.17) is 4.74 Å². The van der Waals surface area contributed by atoms with Gasteiger partial charge in [-0.2, -0.15) is 0 Å². The van der Waals surface area contributed by atoms with E-state index in [1.54, 1.807) is 36.8 Å². The van der Waals surface area contributed by atoms with E-state index in [0.717, 1.165) is 22.9 Å². The van der Waals surface area contributed by atoms with Crippen LogP contribution in [0.15, 0.2) is 85.5 Å². The number of imidazole rings is 1. The molecule has 12 nitrogen and oxygen atoms in total. The molecule has 0 radical (unpaired) electrons. The van der Waals surface area contributed by atoms with Crippen molar-refractivity contribution in [2.45, 2.75) is 13.3 Å². The van der Waals surface area contributed by atoms with Gasteiger partial charge in [0.15, 0.2) is 0 Å². The Morgan fingerprint density at radius 2 is 1.31 bits per heavy atom. The molecule has 0 spiro atoms. The zero-order chi connectivity index (χ0) is 35.6.